The first-order valence-electron chi connectivity index (χ1n) is 7.80. The lowest BCUT2D eigenvalue weighted by Gasteiger charge is -2.23. The van der Waals surface area contributed by atoms with Crippen LogP contribution in [0.1, 0.15) is 56.6 Å². The van der Waals surface area contributed by atoms with E-state index >= 15 is 0 Å². The van der Waals surface area contributed by atoms with E-state index in [9.17, 15) is 0 Å². The topological polar surface area (TPSA) is 38.0 Å². The fourth-order valence-corrected chi connectivity index (χ4v) is 4.48. The van der Waals surface area contributed by atoms with Crippen molar-refractivity contribution in [2.24, 2.45) is 11.8 Å². The Labute approximate surface area is 125 Å². The SMILES string of the molecule is NNC(CC1CCCCCC1)c1cccc2ccsc12. The Morgan fingerprint density at radius 3 is 2.70 bits per heavy atom. The maximum Gasteiger partial charge on any atom is 0.0476 e. The predicted octanol–water partition coefficient (Wildman–Crippen LogP) is 4.77. The van der Waals surface area contributed by atoms with Gasteiger partial charge in [-0.1, -0.05) is 56.7 Å². The molecule has 0 bridgehead atoms. The van der Waals surface area contributed by atoms with E-state index in [1.54, 1.807) is 0 Å². The molecule has 3 heteroatoms. The fourth-order valence-electron chi connectivity index (χ4n) is 3.51. The summed E-state index contributed by atoms with van der Waals surface area (Å²) in [4.78, 5) is 0. The van der Waals surface area contributed by atoms with Gasteiger partial charge in [-0.3, -0.25) is 11.3 Å². The first-order valence-corrected chi connectivity index (χ1v) is 8.68. The first kappa shape index (κ1) is 14.1. The normalized spacial score (nSPS) is 19.1. The molecule has 0 spiro atoms. The summed E-state index contributed by atoms with van der Waals surface area (Å²) in [5.74, 6) is 6.70. The molecule has 0 saturated heterocycles. The predicted molar refractivity (Wildman–Crippen MR) is 87.7 cm³/mol. The molecule has 0 aliphatic heterocycles. The molecular formula is C17H24N2S. The zero-order valence-electron chi connectivity index (χ0n) is 12.0. The molecule has 1 fully saturated rings. The number of hydrogen-bond donors (Lipinski definition) is 2. The van der Waals surface area contributed by atoms with Gasteiger partial charge >= 0.3 is 0 Å². The monoisotopic (exact) mass is 288 g/mol. The Hall–Kier alpha value is -0.900. The van der Waals surface area contributed by atoms with Crippen molar-refractivity contribution in [3.63, 3.8) is 0 Å². The van der Waals surface area contributed by atoms with Crippen LogP contribution in [0.3, 0.4) is 0 Å². The third-order valence-corrected chi connectivity index (χ3v) is 5.61. The van der Waals surface area contributed by atoms with Crippen LogP contribution in [-0.4, -0.2) is 0 Å². The standard InChI is InChI=1S/C17H24N2S/c18-19-16(12-13-6-3-1-2-4-7-13)15-9-5-8-14-10-11-20-17(14)15/h5,8-11,13,16,19H,1-4,6-7,12,18H2. The molecule has 1 atom stereocenters. The molecule has 0 amide bonds. The van der Waals surface area contributed by atoms with Crippen LogP contribution in [0, 0.1) is 5.92 Å². The minimum atomic E-state index is 0.292. The molecule has 0 radical (unpaired) electrons. The lowest BCUT2D eigenvalue weighted by molar-refractivity contribution is 0.360. The largest absolute Gasteiger partial charge is 0.271 e. The van der Waals surface area contributed by atoms with E-state index in [4.69, 9.17) is 5.84 Å². The van der Waals surface area contributed by atoms with E-state index in [-0.39, 0.29) is 0 Å². The van der Waals surface area contributed by atoms with Crippen molar-refractivity contribution in [2.75, 3.05) is 0 Å². The lowest BCUT2D eigenvalue weighted by Crippen LogP contribution is -2.29. The Morgan fingerprint density at radius 1 is 1.15 bits per heavy atom. The summed E-state index contributed by atoms with van der Waals surface area (Å²) in [5.41, 5.74) is 4.45. The second-order valence-corrected chi connectivity index (χ2v) is 6.91. The summed E-state index contributed by atoms with van der Waals surface area (Å²) in [6, 6.07) is 9.07. The zero-order chi connectivity index (χ0) is 13.8. The summed E-state index contributed by atoms with van der Waals surface area (Å²) in [5, 5.41) is 3.52. The van der Waals surface area contributed by atoms with E-state index in [0.717, 1.165) is 5.92 Å². The van der Waals surface area contributed by atoms with Crippen LogP contribution in [0.25, 0.3) is 10.1 Å². The highest BCUT2D eigenvalue weighted by molar-refractivity contribution is 7.17. The van der Waals surface area contributed by atoms with E-state index < -0.39 is 0 Å². The molecule has 2 aromatic rings. The van der Waals surface area contributed by atoms with Gasteiger partial charge in [0.2, 0.25) is 0 Å². The molecule has 1 aromatic carbocycles. The first-order chi connectivity index (χ1) is 9.88. The maximum atomic E-state index is 5.88. The average molecular weight is 288 g/mol. The zero-order valence-corrected chi connectivity index (χ0v) is 12.8. The van der Waals surface area contributed by atoms with Gasteiger partial charge in [-0.05, 0) is 34.7 Å². The van der Waals surface area contributed by atoms with Crippen molar-refractivity contribution in [3.05, 3.63) is 35.2 Å². The van der Waals surface area contributed by atoms with Crippen molar-refractivity contribution in [3.8, 4) is 0 Å². The quantitative estimate of drug-likeness (QED) is 0.483. The summed E-state index contributed by atoms with van der Waals surface area (Å²) in [6.45, 7) is 0. The maximum absolute atomic E-state index is 5.88. The highest BCUT2D eigenvalue weighted by Gasteiger charge is 2.20. The second-order valence-electron chi connectivity index (χ2n) is 6.00. The fraction of sp³-hybridized carbons (Fsp3) is 0.529. The van der Waals surface area contributed by atoms with Gasteiger partial charge in [0.25, 0.3) is 0 Å². The number of hydrogen-bond acceptors (Lipinski definition) is 3. The third kappa shape index (κ3) is 3.05. The molecular weight excluding hydrogens is 264 g/mol. The van der Waals surface area contributed by atoms with Gasteiger partial charge < -0.3 is 0 Å². The van der Waals surface area contributed by atoms with Gasteiger partial charge in [-0.2, -0.15) is 0 Å². The molecule has 3 N–H and O–H groups in total. The van der Waals surface area contributed by atoms with Crippen LogP contribution >= 0.6 is 11.3 Å². The Kier molecular flexibility index (Phi) is 4.71. The van der Waals surface area contributed by atoms with E-state index in [2.05, 4.69) is 35.1 Å². The molecule has 1 heterocycles. The molecule has 1 aliphatic rings. The van der Waals surface area contributed by atoms with Gasteiger partial charge in [0.15, 0.2) is 0 Å². The molecule has 20 heavy (non-hydrogen) atoms. The smallest absolute Gasteiger partial charge is 0.0476 e. The molecule has 108 valence electrons. The Morgan fingerprint density at radius 2 is 1.95 bits per heavy atom. The van der Waals surface area contributed by atoms with Gasteiger partial charge in [-0.25, -0.2) is 0 Å². The molecule has 3 rings (SSSR count). The van der Waals surface area contributed by atoms with Crippen molar-refractivity contribution in [2.45, 2.75) is 51.0 Å². The number of nitrogens with one attached hydrogen (secondary N) is 1. The van der Waals surface area contributed by atoms with Crippen LogP contribution in [0.4, 0.5) is 0 Å². The van der Waals surface area contributed by atoms with Crippen molar-refractivity contribution in [1.82, 2.24) is 5.43 Å². The van der Waals surface area contributed by atoms with Crippen LogP contribution in [0.15, 0.2) is 29.6 Å². The van der Waals surface area contributed by atoms with Gasteiger partial charge in [0.1, 0.15) is 0 Å². The molecule has 1 aromatic heterocycles. The Balaban J connectivity index is 1.80. The second kappa shape index (κ2) is 6.70. The number of thiophene rings is 1. The van der Waals surface area contributed by atoms with Crippen LogP contribution in [0.5, 0.6) is 0 Å². The van der Waals surface area contributed by atoms with Crippen LogP contribution in [0.2, 0.25) is 0 Å². The molecule has 2 nitrogen and oxygen atoms in total. The molecule has 1 saturated carbocycles. The minimum Gasteiger partial charge on any atom is -0.271 e. The number of benzene rings is 1. The lowest BCUT2D eigenvalue weighted by atomic mass is 9.89. The van der Waals surface area contributed by atoms with Crippen molar-refractivity contribution < 1.29 is 0 Å². The number of rotatable bonds is 4. The van der Waals surface area contributed by atoms with Gasteiger partial charge in [0.05, 0.1) is 0 Å². The minimum absolute atomic E-state index is 0.292. The van der Waals surface area contributed by atoms with Crippen LogP contribution < -0.4 is 11.3 Å². The number of fused-ring (bicyclic) bond motifs is 1. The summed E-state index contributed by atoms with van der Waals surface area (Å²) in [7, 11) is 0. The van der Waals surface area contributed by atoms with Gasteiger partial charge in [-0.15, -0.1) is 11.3 Å². The summed E-state index contributed by atoms with van der Waals surface area (Å²) in [6.07, 6.45) is 9.54. The molecule has 1 aliphatic carbocycles. The van der Waals surface area contributed by atoms with Crippen molar-refractivity contribution in [1.29, 1.82) is 0 Å². The van der Waals surface area contributed by atoms with Crippen molar-refractivity contribution >= 4 is 21.4 Å². The summed E-state index contributed by atoms with van der Waals surface area (Å²) >= 11 is 1.83. The average Bonchev–Trinajstić information content (AvgIpc) is 2.81. The Bertz CT molecular complexity index is 541. The number of hydrazine groups is 1. The molecule has 1 unspecified atom stereocenters. The van der Waals surface area contributed by atoms with E-state index in [1.807, 2.05) is 11.3 Å². The highest BCUT2D eigenvalue weighted by Crippen LogP contribution is 2.35. The van der Waals surface area contributed by atoms with E-state index in [0.29, 0.717) is 6.04 Å². The summed E-state index contributed by atoms with van der Waals surface area (Å²) < 4.78 is 1.39. The van der Waals surface area contributed by atoms with E-state index in [1.165, 1.54) is 60.6 Å². The van der Waals surface area contributed by atoms with Gasteiger partial charge in [0, 0.05) is 10.7 Å². The highest BCUT2D eigenvalue weighted by atomic mass is 32.1. The van der Waals surface area contributed by atoms with Crippen LogP contribution in [-0.2, 0) is 0 Å². The number of nitrogens with two attached hydrogens (primary N) is 1. The third-order valence-electron chi connectivity index (χ3n) is 4.63.